The molecule has 0 amide bonds. The number of carboxylic acids is 1. The molecule has 108 valence electrons. The average molecular weight is 277 g/mol. The molecule has 0 radical (unpaired) electrons. The summed E-state index contributed by atoms with van der Waals surface area (Å²) in [6, 6.07) is -0.911. The number of nitrogens with zero attached hydrogens (tertiary/aromatic N) is 3. The quantitative estimate of drug-likeness (QED) is 0.244. The summed E-state index contributed by atoms with van der Waals surface area (Å²) in [5.41, 5.74) is 0. The van der Waals surface area contributed by atoms with Crippen LogP contribution in [0.5, 0.6) is 0 Å². The van der Waals surface area contributed by atoms with Gasteiger partial charge in [0.25, 0.3) is 6.29 Å². The molecule has 1 heterocycles. The second-order valence-electron chi connectivity index (χ2n) is 3.61. The summed E-state index contributed by atoms with van der Waals surface area (Å²) in [6.07, 6.45) is -1.71. The Morgan fingerprint density at radius 2 is 2.32 bits per heavy atom. The van der Waals surface area contributed by atoms with Crippen LogP contribution in [0.2, 0.25) is 0 Å². The van der Waals surface area contributed by atoms with Gasteiger partial charge in [-0.1, -0.05) is 0 Å². The first-order chi connectivity index (χ1) is 8.95. The molecule has 1 rings (SSSR count). The molecule has 1 N–H and O–H groups in total. The summed E-state index contributed by atoms with van der Waals surface area (Å²) in [5, 5.41) is 24.2. The molecule has 0 saturated carbocycles. The Labute approximate surface area is 108 Å². The first-order valence-corrected chi connectivity index (χ1v) is 5.62. The van der Waals surface area contributed by atoms with Crippen LogP contribution in [0.4, 0.5) is 4.79 Å². The molecule has 2 atom stereocenters. The van der Waals surface area contributed by atoms with E-state index in [0.29, 0.717) is 6.42 Å². The highest BCUT2D eigenvalue weighted by Gasteiger charge is 2.41. The van der Waals surface area contributed by atoms with Crippen molar-refractivity contribution in [1.29, 1.82) is 0 Å². The van der Waals surface area contributed by atoms with Gasteiger partial charge in [0.05, 0.1) is 18.1 Å². The number of carboxylic acid groups (broad SMARTS) is 1. The number of carbonyl (C=O) groups excluding carboxylic acids is 1. The topological polar surface area (TPSA) is 124 Å². The van der Waals surface area contributed by atoms with Crippen molar-refractivity contribution in [1.82, 2.24) is 5.01 Å². The predicted molar refractivity (Wildman–Crippen MR) is 57.5 cm³/mol. The number of hydrogen-bond donors (Lipinski definition) is 1. The third-order valence-electron chi connectivity index (χ3n) is 2.29. The Balaban J connectivity index is 2.39. The van der Waals surface area contributed by atoms with Gasteiger partial charge in [0, 0.05) is 13.3 Å². The van der Waals surface area contributed by atoms with Crippen molar-refractivity contribution in [2.75, 3.05) is 13.2 Å². The lowest BCUT2D eigenvalue weighted by Crippen LogP contribution is -2.55. The highest BCUT2D eigenvalue weighted by molar-refractivity contribution is 5.74. The van der Waals surface area contributed by atoms with Crippen LogP contribution in [0.3, 0.4) is 0 Å². The third kappa shape index (κ3) is 4.16. The molecule has 1 saturated heterocycles. The van der Waals surface area contributed by atoms with Crippen LogP contribution in [0.25, 0.3) is 0 Å². The lowest BCUT2D eigenvalue weighted by Gasteiger charge is -2.32. The Morgan fingerprint density at radius 3 is 2.79 bits per heavy atom. The van der Waals surface area contributed by atoms with E-state index in [1.54, 1.807) is 6.92 Å². The number of aliphatic carboxylic acids is 1. The van der Waals surface area contributed by atoms with Crippen molar-refractivity contribution in [3.8, 4) is 0 Å². The predicted octanol–water partition coefficient (Wildman–Crippen LogP) is 0.473. The minimum Gasteiger partial charge on any atom is -0.569 e. The monoisotopic (exact) mass is 277 g/mol. The highest BCUT2D eigenvalue weighted by Crippen LogP contribution is 2.17. The third-order valence-corrected chi connectivity index (χ3v) is 2.29. The van der Waals surface area contributed by atoms with E-state index in [1.165, 1.54) is 6.92 Å². The maximum absolute atomic E-state index is 11.4. The van der Waals surface area contributed by atoms with Gasteiger partial charge in [0.1, 0.15) is 0 Å². The zero-order chi connectivity index (χ0) is 14.4. The van der Waals surface area contributed by atoms with E-state index in [9.17, 15) is 14.8 Å². The maximum atomic E-state index is 11.4. The Hall–Kier alpha value is -2.26. The lowest BCUT2D eigenvalue weighted by molar-refractivity contribution is -0.730. The molecule has 0 aromatic carbocycles. The molecule has 10 heteroatoms. The molecule has 1 aliphatic heterocycles. The smallest absolute Gasteiger partial charge is 0.511 e. The molecule has 10 nitrogen and oxygen atoms in total. The van der Waals surface area contributed by atoms with E-state index in [-0.39, 0.29) is 18.1 Å². The van der Waals surface area contributed by atoms with E-state index in [2.05, 4.69) is 19.6 Å². The van der Waals surface area contributed by atoms with Gasteiger partial charge in [-0.05, 0) is 6.92 Å². The lowest BCUT2D eigenvalue weighted by atomic mass is 10.1. The molecule has 0 spiro atoms. The van der Waals surface area contributed by atoms with E-state index in [4.69, 9.17) is 5.11 Å². The fraction of sp³-hybridized carbons (Fsp3) is 0.778. The van der Waals surface area contributed by atoms with E-state index >= 15 is 0 Å². The van der Waals surface area contributed by atoms with Crippen LogP contribution in [-0.2, 0) is 19.1 Å². The van der Waals surface area contributed by atoms with Crippen LogP contribution >= 0.6 is 0 Å². The van der Waals surface area contributed by atoms with Crippen LogP contribution in [0, 0.1) is 5.21 Å². The van der Waals surface area contributed by atoms with Gasteiger partial charge in [0.2, 0.25) is 5.28 Å². The zero-order valence-corrected chi connectivity index (χ0v) is 10.5. The van der Waals surface area contributed by atoms with Crippen molar-refractivity contribution in [2.24, 2.45) is 5.28 Å². The summed E-state index contributed by atoms with van der Waals surface area (Å²) in [6.45, 7) is 3.34. The van der Waals surface area contributed by atoms with Crippen LogP contribution in [0.15, 0.2) is 5.28 Å². The first-order valence-electron chi connectivity index (χ1n) is 5.62. The van der Waals surface area contributed by atoms with E-state index in [0.717, 1.165) is 5.01 Å². The van der Waals surface area contributed by atoms with Gasteiger partial charge in [-0.15, -0.1) is 5.01 Å². The molecule has 1 aliphatic rings. The molecule has 0 bridgehead atoms. The number of hydrogen-bond acceptors (Lipinski definition) is 7. The van der Waals surface area contributed by atoms with Crippen molar-refractivity contribution in [2.45, 2.75) is 32.6 Å². The largest absolute Gasteiger partial charge is 0.569 e. The standard InChI is InChI=1S/C9H15N3O7/c1-3-17-9(15)18-6(2)19-10-12(16)11-5-4-7(11)8(13)14/h6-7H,3-5H2,1-2H3,(H,13,14)/b12-10-/t6?,7-/m0/s1. The SMILES string of the molecule is CCOC(=O)OC(C)O/N=[N+](\[O-])N1CC[C@H]1C(=O)O. The number of ether oxygens (including phenoxy) is 2. The summed E-state index contributed by atoms with van der Waals surface area (Å²) in [5.74, 6) is -1.11. The molecular formula is C9H15N3O7. The van der Waals surface area contributed by atoms with Crippen LogP contribution in [0.1, 0.15) is 20.3 Å². The minimum atomic E-state index is -1.12. The molecular weight excluding hydrogens is 262 g/mol. The molecule has 19 heavy (non-hydrogen) atoms. The van der Waals surface area contributed by atoms with Crippen molar-refractivity contribution in [3.05, 3.63) is 5.21 Å². The minimum absolute atomic E-state index is 0.0211. The van der Waals surface area contributed by atoms with Crippen LogP contribution < -0.4 is 0 Å². The number of hydrazine groups is 1. The summed E-state index contributed by atoms with van der Waals surface area (Å²) in [4.78, 5) is 26.2. The number of rotatable bonds is 6. The fourth-order valence-electron chi connectivity index (χ4n) is 1.29. The first kappa shape index (κ1) is 14.8. The highest BCUT2D eigenvalue weighted by atomic mass is 16.8. The fourth-order valence-corrected chi connectivity index (χ4v) is 1.29. The summed E-state index contributed by atoms with van der Waals surface area (Å²) in [7, 11) is 0. The molecule has 1 unspecified atom stereocenters. The molecule has 0 aromatic rings. The molecule has 0 aromatic heterocycles. The van der Waals surface area contributed by atoms with Gasteiger partial charge in [-0.25, -0.2) is 9.59 Å². The van der Waals surface area contributed by atoms with E-state index < -0.39 is 24.5 Å². The van der Waals surface area contributed by atoms with E-state index in [1.807, 2.05) is 0 Å². The second-order valence-corrected chi connectivity index (χ2v) is 3.61. The van der Waals surface area contributed by atoms with Gasteiger partial charge < -0.3 is 19.8 Å². The van der Waals surface area contributed by atoms with Gasteiger partial charge in [-0.2, -0.15) is 0 Å². The summed E-state index contributed by atoms with van der Waals surface area (Å²) < 4.78 is 9.05. The average Bonchev–Trinajstić information content (AvgIpc) is 2.24. The van der Waals surface area contributed by atoms with Gasteiger partial charge in [-0.3, -0.25) is 4.84 Å². The summed E-state index contributed by atoms with van der Waals surface area (Å²) >= 11 is 0. The van der Waals surface area contributed by atoms with Gasteiger partial charge >= 0.3 is 12.1 Å². The van der Waals surface area contributed by atoms with Crippen molar-refractivity contribution >= 4 is 12.1 Å². The zero-order valence-electron chi connectivity index (χ0n) is 10.5. The van der Waals surface area contributed by atoms with Crippen LogP contribution in [-0.4, -0.2) is 52.7 Å². The Kier molecular flexibility index (Phi) is 5.15. The van der Waals surface area contributed by atoms with Gasteiger partial charge in [0.15, 0.2) is 6.04 Å². The number of carbonyl (C=O) groups is 2. The normalized spacial score (nSPS) is 20.2. The van der Waals surface area contributed by atoms with Crippen molar-refractivity contribution < 1.29 is 34.0 Å². The maximum Gasteiger partial charge on any atom is 0.511 e. The second kappa shape index (κ2) is 6.61. The van der Waals surface area contributed by atoms with Crippen molar-refractivity contribution in [3.63, 3.8) is 0 Å². The molecule has 0 aliphatic carbocycles. The molecule has 1 fully saturated rings. The Morgan fingerprint density at radius 1 is 1.63 bits per heavy atom. The Bertz CT molecular complexity index is 373.